The highest BCUT2D eigenvalue weighted by Crippen LogP contribution is 2.33. The minimum Gasteiger partial charge on any atom is -0.493 e. The third-order valence-electron chi connectivity index (χ3n) is 4.72. The van der Waals surface area contributed by atoms with Crippen LogP contribution < -0.4 is 14.8 Å². The lowest BCUT2D eigenvalue weighted by Gasteiger charge is -2.10. The predicted molar refractivity (Wildman–Crippen MR) is 125 cm³/mol. The Labute approximate surface area is 193 Å². The molecule has 1 aliphatic heterocycles. The smallest absolute Gasteiger partial charge is 0.371 e. The lowest BCUT2D eigenvalue weighted by Crippen LogP contribution is -2.19. The highest BCUT2D eigenvalue weighted by atomic mass is 32.2. The molecule has 1 fully saturated rings. The van der Waals surface area contributed by atoms with E-state index < -0.39 is 5.97 Å². The highest BCUT2D eigenvalue weighted by Gasteiger charge is 2.24. The SMILES string of the molecule is COc1cc(C=C2SC(=Nc3ccccc3C)NC2=O)ccc1OCc1ccc(C(=O)O)o1. The molecule has 4 rings (SSSR count). The van der Waals surface area contributed by atoms with Gasteiger partial charge >= 0.3 is 5.97 Å². The molecule has 168 valence electrons. The average molecular weight is 464 g/mol. The Morgan fingerprint density at radius 2 is 2.00 bits per heavy atom. The lowest BCUT2D eigenvalue weighted by molar-refractivity contribution is -0.115. The number of methoxy groups -OCH3 is 1. The fourth-order valence-corrected chi connectivity index (χ4v) is 3.88. The van der Waals surface area contributed by atoms with Gasteiger partial charge in [0.1, 0.15) is 12.4 Å². The number of amidine groups is 1. The Hall–Kier alpha value is -3.98. The van der Waals surface area contributed by atoms with Crippen molar-refractivity contribution in [2.45, 2.75) is 13.5 Å². The van der Waals surface area contributed by atoms with Crippen molar-refractivity contribution in [3.8, 4) is 11.5 Å². The number of carbonyl (C=O) groups is 2. The number of carboxylic acid groups (broad SMARTS) is 1. The number of furan rings is 1. The molecule has 2 N–H and O–H groups in total. The van der Waals surface area contributed by atoms with E-state index in [1.807, 2.05) is 31.2 Å². The van der Waals surface area contributed by atoms with Crippen LogP contribution in [-0.2, 0) is 11.4 Å². The van der Waals surface area contributed by atoms with Crippen LogP contribution in [0.2, 0.25) is 0 Å². The molecule has 2 heterocycles. The summed E-state index contributed by atoms with van der Waals surface area (Å²) in [5.41, 5.74) is 2.57. The van der Waals surface area contributed by atoms with Gasteiger partial charge in [0, 0.05) is 0 Å². The minimum absolute atomic E-state index is 0.0427. The molecule has 2 aromatic carbocycles. The van der Waals surface area contributed by atoms with Crippen molar-refractivity contribution in [3.63, 3.8) is 0 Å². The first-order valence-corrected chi connectivity index (χ1v) is 10.7. The zero-order valence-electron chi connectivity index (χ0n) is 17.8. The van der Waals surface area contributed by atoms with Gasteiger partial charge in [0.15, 0.2) is 16.7 Å². The van der Waals surface area contributed by atoms with Gasteiger partial charge in [0.05, 0.1) is 17.7 Å². The summed E-state index contributed by atoms with van der Waals surface area (Å²) in [6.07, 6.45) is 1.75. The van der Waals surface area contributed by atoms with Crippen molar-refractivity contribution in [2.75, 3.05) is 7.11 Å². The maximum absolute atomic E-state index is 12.4. The van der Waals surface area contributed by atoms with Crippen molar-refractivity contribution in [1.29, 1.82) is 0 Å². The number of ether oxygens (including phenoxy) is 2. The Kier molecular flexibility index (Phi) is 6.50. The summed E-state index contributed by atoms with van der Waals surface area (Å²) in [5.74, 6) is -0.221. The first-order chi connectivity index (χ1) is 15.9. The van der Waals surface area contributed by atoms with Gasteiger partial charge in [-0.1, -0.05) is 24.3 Å². The summed E-state index contributed by atoms with van der Waals surface area (Å²) in [6, 6.07) is 15.9. The Balaban J connectivity index is 1.48. The van der Waals surface area contributed by atoms with E-state index in [1.165, 1.54) is 24.9 Å². The number of amides is 1. The van der Waals surface area contributed by atoms with Gasteiger partial charge in [-0.05, 0) is 66.2 Å². The van der Waals surface area contributed by atoms with E-state index in [4.69, 9.17) is 19.0 Å². The van der Waals surface area contributed by atoms with Gasteiger partial charge in [0.25, 0.3) is 5.91 Å². The van der Waals surface area contributed by atoms with E-state index in [9.17, 15) is 9.59 Å². The van der Waals surface area contributed by atoms with E-state index >= 15 is 0 Å². The van der Waals surface area contributed by atoms with Crippen LogP contribution in [0.25, 0.3) is 6.08 Å². The van der Waals surface area contributed by atoms with E-state index in [0.29, 0.717) is 27.3 Å². The number of thioether (sulfide) groups is 1. The van der Waals surface area contributed by atoms with Crippen LogP contribution in [0.5, 0.6) is 11.5 Å². The van der Waals surface area contributed by atoms with Crippen LogP contribution in [0.15, 0.2) is 68.9 Å². The maximum atomic E-state index is 12.4. The number of carbonyl (C=O) groups excluding carboxylic acids is 1. The molecule has 0 atom stereocenters. The standard InChI is InChI=1S/C24H20N2O6S/c1-14-5-3-4-6-17(14)25-24-26-22(27)21(33-24)12-15-7-9-18(20(11-15)30-2)31-13-16-8-10-19(32-16)23(28)29/h3-12H,13H2,1-2H3,(H,28,29)(H,25,26,27). The topological polar surface area (TPSA) is 110 Å². The number of nitrogens with zero attached hydrogens (tertiary/aromatic N) is 1. The third kappa shape index (κ3) is 5.27. The van der Waals surface area contributed by atoms with Crippen LogP contribution in [0.3, 0.4) is 0 Å². The zero-order valence-corrected chi connectivity index (χ0v) is 18.6. The Morgan fingerprint density at radius 3 is 2.73 bits per heavy atom. The average Bonchev–Trinajstić information content (AvgIpc) is 3.41. The molecule has 1 saturated heterocycles. The molecule has 1 aromatic heterocycles. The second-order valence-corrected chi connectivity index (χ2v) is 8.07. The van der Waals surface area contributed by atoms with Gasteiger partial charge in [-0.3, -0.25) is 4.79 Å². The molecule has 0 aliphatic carbocycles. The quantitative estimate of drug-likeness (QED) is 0.485. The van der Waals surface area contributed by atoms with Crippen LogP contribution in [0, 0.1) is 6.92 Å². The fraction of sp³-hybridized carbons (Fsp3) is 0.125. The normalized spacial score (nSPS) is 15.6. The minimum atomic E-state index is -1.14. The van der Waals surface area contributed by atoms with E-state index in [-0.39, 0.29) is 18.3 Å². The van der Waals surface area contributed by atoms with Crippen molar-refractivity contribution in [1.82, 2.24) is 5.32 Å². The second kappa shape index (κ2) is 9.66. The second-order valence-electron chi connectivity index (χ2n) is 7.04. The summed E-state index contributed by atoms with van der Waals surface area (Å²) in [4.78, 5) is 28.4. The van der Waals surface area contributed by atoms with Crippen LogP contribution >= 0.6 is 11.8 Å². The van der Waals surface area contributed by atoms with E-state index in [2.05, 4.69) is 10.3 Å². The molecule has 0 bridgehead atoms. The number of aryl methyl sites for hydroxylation is 1. The monoisotopic (exact) mass is 464 g/mol. The number of rotatable bonds is 7. The van der Waals surface area contributed by atoms with E-state index in [0.717, 1.165) is 16.8 Å². The largest absolute Gasteiger partial charge is 0.493 e. The van der Waals surface area contributed by atoms with Crippen molar-refractivity contribution >= 4 is 40.6 Å². The molecule has 0 saturated carbocycles. The molecule has 1 amide bonds. The summed E-state index contributed by atoms with van der Waals surface area (Å²) >= 11 is 1.26. The lowest BCUT2D eigenvalue weighted by atomic mass is 10.2. The number of benzene rings is 2. The molecular weight excluding hydrogens is 444 g/mol. The Morgan fingerprint density at radius 1 is 1.18 bits per heavy atom. The van der Waals surface area contributed by atoms with Gasteiger partial charge in [0.2, 0.25) is 5.76 Å². The molecular formula is C24H20N2O6S. The van der Waals surface area contributed by atoms with Crippen molar-refractivity contribution in [2.24, 2.45) is 4.99 Å². The molecule has 0 radical (unpaired) electrons. The van der Waals surface area contributed by atoms with Crippen LogP contribution in [0.1, 0.15) is 27.4 Å². The van der Waals surface area contributed by atoms with E-state index in [1.54, 1.807) is 30.3 Å². The number of para-hydroxylation sites is 1. The first-order valence-electron chi connectivity index (χ1n) is 9.91. The maximum Gasteiger partial charge on any atom is 0.371 e. The first kappa shape index (κ1) is 22.2. The number of carboxylic acids is 1. The molecule has 3 aromatic rings. The van der Waals surface area contributed by atoms with Crippen LogP contribution in [-0.4, -0.2) is 29.3 Å². The third-order valence-corrected chi connectivity index (χ3v) is 5.63. The van der Waals surface area contributed by atoms with Gasteiger partial charge in [-0.2, -0.15) is 0 Å². The summed E-state index contributed by atoms with van der Waals surface area (Å²) < 4.78 is 16.3. The summed E-state index contributed by atoms with van der Waals surface area (Å²) in [5, 5.41) is 12.2. The molecule has 0 spiro atoms. The van der Waals surface area contributed by atoms with Gasteiger partial charge in [-0.15, -0.1) is 0 Å². The summed E-state index contributed by atoms with van der Waals surface area (Å²) in [7, 11) is 1.51. The number of aliphatic imine (C=N–C) groups is 1. The molecule has 8 nitrogen and oxygen atoms in total. The molecule has 33 heavy (non-hydrogen) atoms. The van der Waals surface area contributed by atoms with Gasteiger partial charge in [-0.25, -0.2) is 9.79 Å². The van der Waals surface area contributed by atoms with Gasteiger partial charge < -0.3 is 24.3 Å². The fourth-order valence-electron chi connectivity index (χ4n) is 3.04. The molecule has 9 heteroatoms. The highest BCUT2D eigenvalue weighted by molar-refractivity contribution is 8.18. The van der Waals surface area contributed by atoms with Crippen molar-refractivity contribution < 1.29 is 28.6 Å². The predicted octanol–water partition coefficient (Wildman–Crippen LogP) is 4.77. The number of hydrogen-bond donors (Lipinski definition) is 2. The number of aromatic carboxylic acids is 1. The zero-order chi connectivity index (χ0) is 23.4. The molecule has 1 aliphatic rings. The summed E-state index contributed by atoms with van der Waals surface area (Å²) in [6.45, 7) is 2.01. The molecule has 0 unspecified atom stereocenters. The number of nitrogens with one attached hydrogen (secondary N) is 1. The van der Waals surface area contributed by atoms with Crippen LogP contribution in [0.4, 0.5) is 5.69 Å². The van der Waals surface area contributed by atoms with Crippen molar-refractivity contribution in [3.05, 3.63) is 82.1 Å². The Bertz CT molecular complexity index is 1280. The number of hydrogen-bond acceptors (Lipinski definition) is 7.